The number of carbonyl (C=O) groups is 2. The van der Waals surface area contributed by atoms with E-state index in [-0.39, 0.29) is 0 Å². The minimum absolute atomic E-state index is 0.704. The van der Waals surface area contributed by atoms with E-state index in [1.807, 2.05) is 0 Å². The lowest BCUT2D eigenvalue weighted by Gasteiger charge is -1.95. The number of hydrogen-bond acceptors (Lipinski definition) is 2. The van der Waals surface area contributed by atoms with Gasteiger partial charge in [-0.15, -0.1) is 0 Å². The Morgan fingerprint density at radius 3 is 1.75 bits per heavy atom. The van der Waals surface area contributed by atoms with Gasteiger partial charge in [-0.3, -0.25) is 0 Å². The molecule has 4 nitrogen and oxygen atoms in total. The van der Waals surface area contributed by atoms with Gasteiger partial charge >= 0.3 is 11.9 Å². The predicted octanol–water partition coefficient (Wildman–Crippen LogP) is 1.88. The van der Waals surface area contributed by atoms with Crippen molar-refractivity contribution in [2.45, 2.75) is 0 Å². The third kappa shape index (κ3) is 4.23. The van der Waals surface area contributed by atoms with E-state index in [1.165, 1.54) is 12.2 Å². The van der Waals surface area contributed by atoms with Crippen molar-refractivity contribution in [3.05, 3.63) is 47.5 Å². The van der Waals surface area contributed by atoms with Gasteiger partial charge in [-0.25, -0.2) is 9.59 Å². The molecule has 0 saturated heterocycles. The monoisotopic (exact) mass is 218 g/mol. The minimum Gasteiger partial charge on any atom is -0.478 e. The molecule has 2 N–H and O–H groups in total. The van der Waals surface area contributed by atoms with E-state index in [0.717, 1.165) is 12.2 Å². The first-order valence-electron chi connectivity index (χ1n) is 4.50. The Hall–Kier alpha value is -2.36. The van der Waals surface area contributed by atoms with Crippen LogP contribution >= 0.6 is 0 Å². The zero-order valence-electron chi connectivity index (χ0n) is 8.33. The first kappa shape index (κ1) is 11.7. The standard InChI is InChI=1S/C12H10O4/c13-11(14)6-4-9-2-1-3-10(8-9)5-7-12(15)16/h1-8H,(H,13,14)(H,15,16)/b6-4-,7-5+. The quantitative estimate of drug-likeness (QED) is 0.756. The maximum atomic E-state index is 10.3. The fraction of sp³-hybridized carbons (Fsp3) is 0. The summed E-state index contributed by atoms with van der Waals surface area (Å²) in [6.07, 6.45) is 4.95. The molecular weight excluding hydrogens is 208 g/mol. The molecule has 0 radical (unpaired) electrons. The molecule has 16 heavy (non-hydrogen) atoms. The van der Waals surface area contributed by atoms with Gasteiger partial charge in [-0.1, -0.05) is 18.2 Å². The zero-order chi connectivity index (χ0) is 12.0. The average molecular weight is 218 g/mol. The van der Waals surface area contributed by atoms with E-state index >= 15 is 0 Å². The molecule has 1 rings (SSSR count). The van der Waals surface area contributed by atoms with Crippen molar-refractivity contribution < 1.29 is 19.8 Å². The van der Waals surface area contributed by atoms with Crippen molar-refractivity contribution >= 4 is 24.1 Å². The van der Waals surface area contributed by atoms with Gasteiger partial charge in [-0.05, 0) is 29.3 Å². The van der Waals surface area contributed by atoms with Crippen LogP contribution in [0.3, 0.4) is 0 Å². The molecule has 0 fully saturated rings. The van der Waals surface area contributed by atoms with Crippen molar-refractivity contribution in [2.24, 2.45) is 0 Å². The van der Waals surface area contributed by atoms with Gasteiger partial charge in [0.05, 0.1) is 0 Å². The van der Waals surface area contributed by atoms with Crippen LogP contribution in [0.2, 0.25) is 0 Å². The lowest BCUT2D eigenvalue weighted by atomic mass is 10.1. The summed E-state index contributed by atoms with van der Waals surface area (Å²) in [5, 5.41) is 16.9. The predicted molar refractivity (Wildman–Crippen MR) is 59.8 cm³/mol. The summed E-state index contributed by atoms with van der Waals surface area (Å²) >= 11 is 0. The smallest absolute Gasteiger partial charge is 0.328 e. The fourth-order valence-corrected chi connectivity index (χ4v) is 1.10. The highest BCUT2D eigenvalue weighted by Crippen LogP contribution is 2.08. The van der Waals surface area contributed by atoms with E-state index in [4.69, 9.17) is 10.2 Å². The van der Waals surface area contributed by atoms with Crippen LogP contribution in [-0.2, 0) is 9.59 Å². The second-order valence-corrected chi connectivity index (χ2v) is 3.01. The number of carboxylic acids is 2. The Morgan fingerprint density at radius 1 is 0.938 bits per heavy atom. The molecule has 4 heteroatoms. The highest BCUT2D eigenvalue weighted by molar-refractivity contribution is 5.86. The first-order chi connectivity index (χ1) is 7.58. The maximum Gasteiger partial charge on any atom is 0.328 e. The summed E-state index contributed by atoms with van der Waals surface area (Å²) in [6.45, 7) is 0. The van der Waals surface area contributed by atoms with Crippen LogP contribution in [0.5, 0.6) is 0 Å². The number of carboxylic acid groups (broad SMARTS) is 2. The molecule has 0 aliphatic rings. The SMILES string of the molecule is O=C(O)/C=C\c1cccc(/C=C/C(=O)O)c1. The molecule has 1 aromatic rings. The Bertz CT molecular complexity index is 419. The van der Waals surface area contributed by atoms with E-state index in [1.54, 1.807) is 24.3 Å². The molecule has 0 bridgehead atoms. The molecule has 0 aliphatic carbocycles. The Morgan fingerprint density at radius 2 is 1.38 bits per heavy atom. The van der Waals surface area contributed by atoms with Gasteiger partial charge < -0.3 is 10.2 Å². The molecule has 0 aliphatic heterocycles. The molecular formula is C12H10O4. The highest BCUT2D eigenvalue weighted by atomic mass is 16.4. The Kier molecular flexibility index (Phi) is 4.03. The number of aliphatic carboxylic acids is 2. The summed E-state index contributed by atoms with van der Waals surface area (Å²) in [6, 6.07) is 6.89. The number of benzene rings is 1. The third-order valence-corrected chi connectivity index (χ3v) is 1.75. The second kappa shape index (κ2) is 5.50. The minimum atomic E-state index is -1.02. The second-order valence-electron chi connectivity index (χ2n) is 3.01. The van der Waals surface area contributed by atoms with Crippen molar-refractivity contribution in [2.75, 3.05) is 0 Å². The van der Waals surface area contributed by atoms with Crippen LogP contribution in [-0.4, -0.2) is 22.2 Å². The van der Waals surface area contributed by atoms with E-state index in [2.05, 4.69) is 0 Å². The van der Waals surface area contributed by atoms with Gasteiger partial charge in [0.15, 0.2) is 0 Å². The number of rotatable bonds is 4. The van der Waals surface area contributed by atoms with Crippen LogP contribution in [0.15, 0.2) is 36.4 Å². The lowest BCUT2D eigenvalue weighted by Crippen LogP contribution is -1.87. The van der Waals surface area contributed by atoms with Gasteiger partial charge in [0.1, 0.15) is 0 Å². The van der Waals surface area contributed by atoms with Crippen LogP contribution in [0.1, 0.15) is 11.1 Å². The largest absolute Gasteiger partial charge is 0.478 e. The van der Waals surface area contributed by atoms with Crippen molar-refractivity contribution in [1.29, 1.82) is 0 Å². The molecule has 0 amide bonds. The number of hydrogen-bond donors (Lipinski definition) is 2. The summed E-state index contributed by atoms with van der Waals surface area (Å²) in [5.74, 6) is -2.04. The van der Waals surface area contributed by atoms with Crippen molar-refractivity contribution in [1.82, 2.24) is 0 Å². The summed E-state index contributed by atoms with van der Waals surface area (Å²) < 4.78 is 0. The third-order valence-electron chi connectivity index (χ3n) is 1.75. The van der Waals surface area contributed by atoms with Crippen molar-refractivity contribution in [3.8, 4) is 0 Å². The van der Waals surface area contributed by atoms with Gasteiger partial charge in [0, 0.05) is 12.2 Å². The van der Waals surface area contributed by atoms with Crippen molar-refractivity contribution in [3.63, 3.8) is 0 Å². The molecule has 82 valence electrons. The topological polar surface area (TPSA) is 74.6 Å². The maximum absolute atomic E-state index is 10.3. The normalized spacial score (nSPS) is 11.0. The summed E-state index contributed by atoms with van der Waals surface area (Å²) in [7, 11) is 0. The lowest BCUT2D eigenvalue weighted by molar-refractivity contribution is -0.132. The van der Waals surface area contributed by atoms with E-state index in [0.29, 0.717) is 11.1 Å². The zero-order valence-corrected chi connectivity index (χ0v) is 8.33. The van der Waals surface area contributed by atoms with Gasteiger partial charge in [0.2, 0.25) is 0 Å². The van der Waals surface area contributed by atoms with Crippen LogP contribution in [0.4, 0.5) is 0 Å². The molecule has 0 heterocycles. The van der Waals surface area contributed by atoms with Gasteiger partial charge in [0.25, 0.3) is 0 Å². The highest BCUT2D eigenvalue weighted by Gasteiger charge is 1.92. The molecule has 0 spiro atoms. The molecule has 0 aromatic heterocycles. The Balaban J connectivity index is 2.87. The summed E-state index contributed by atoms with van der Waals surface area (Å²) in [4.78, 5) is 20.6. The molecule has 0 saturated carbocycles. The van der Waals surface area contributed by atoms with Crippen LogP contribution in [0.25, 0.3) is 12.2 Å². The van der Waals surface area contributed by atoms with Crippen LogP contribution in [0, 0.1) is 0 Å². The first-order valence-corrected chi connectivity index (χ1v) is 4.50. The van der Waals surface area contributed by atoms with Gasteiger partial charge in [-0.2, -0.15) is 0 Å². The molecule has 0 unspecified atom stereocenters. The fourth-order valence-electron chi connectivity index (χ4n) is 1.10. The van der Waals surface area contributed by atoms with E-state index in [9.17, 15) is 9.59 Å². The summed E-state index contributed by atoms with van der Waals surface area (Å²) in [5.41, 5.74) is 1.41. The molecule has 0 atom stereocenters. The molecule has 1 aromatic carbocycles. The van der Waals surface area contributed by atoms with E-state index < -0.39 is 11.9 Å². The van der Waals surface area contributed by atoms with Crippen LogP contribution < -0.4 is 0 Å². The average Bonchev–Trinajstić information content (AvgIpc) is 2.24. The Labute approximate surface area is 92.2 Å².